The van der Waals surface area contributed by atoms with Gasteiger partial charge in [0.1, 0.15) is 5.44 Å². The molecule has 3 heterocycles. The molecule has 100 valence electrons. The van der Waals surface area contributed by atoms with Gasteiger partial charge in [0.05, 0.1) is 23.5 Å². The van der Waals surface area contributed by atoms with Gasteiger partial charge in [0.15, 0.2) is 0 Å². The summed E-state index contributed by atoms with van der Waals surface area (Å²) in [4.78, 5) is 14.4. The summed E-state index contributed by atoms with van der Waals surface area (Å²) in [6, 6.07) is 9.21. The molecule has 1 spiro atoms. The van der Waals surface area contributed by atoms with Crippen molar-refractivity contribution < 1.29 is 14.6 Å². The molecule has 4 atom stereocenters. The Labute approximate surface area is 115 Å². The molecule has 3 aliphatic rings. The number of carbonyl (C=O) groups is 1. The number of amides is 1. The smallest absolute Gasteiger partial charge is 0.254 e. The van der Waals surface area contributed by atoms with E-state index in [-0.39, 0.29) is 22.1 Å². The van der Waals surface area contributed by atoms with Crippen LogP contribution in [0.2, 0.25) is 0 Å². The van der Waals surface area contributed by atoms with Gasteiger partial charge in [-0.15, -0.1) is 11.8 Å². The summed E-state index contributed by atoms with van der Waals surface area (Å²) in [6.45, 7) is 1.05. The highest BCUT2D eigenvalue weighted by Crippen LogP contribution is 2.65. The summed E-state index contributed by atoms with van der Waals surface area (Å²) >= 11 is 1.76. The number of hydrogen-bond acceptors (Lipinski definition) is 4. The highest BCUT2D eigenvalue weighted by atomic mass is 32.2. The maximum atomic E-state index is 12.6. The Balaban J connectivity index is 1.64. The first kappa shape index (κ1) is 11.8. The fourth-order valence-corrected chi connectivity index (χ4v) is 4.79. The Hall–Kier alpha value is -1.04. The summed E-state index contributed by atoms with van der Waals surface area (Å²) in [5.41, 5.74) is 0.870. The van der Waals surface area contributed by atoms with Crippen molar-refractivity contribution in [2.75, 3.05) is 13.2 Å². The van der Waals surface area contributed by atoms with Crippen LogP contribution in [0.5, 0.6) is 0 Å². The molecule has 1 amide bonds. The van der Waals surface area contributed by atoms with Crippen LogP contribution in [0.1, 0.15) is 16.8 Å². The number of likely N-dealkylation sites (tertiary alicyclic amines) is 1. The first-order valence-electron chi connectivity index (χ1n) is 6.56. The van der Waals surface area contributed by atoms with Crippen LogP contribution in [-0.4, -0.2) is 51.4 Å². The second kappa shape index (κ2) is 3.98. The number of thioether (sulfide) groups is 1. The minimum Gasteiger partial charge on any atom is -0.389 e. The lowest BCUT2D eigenvalue weighted by atomic mass is 9.94. The first-order valence-corrected chi connectivity index (χ1v) is 7.44. The molecule has 4 nitrogen and oxygen atoms in total. The SMILES string of the molecule is O=C(c1ccccc1)N1CC[C@@]23SC2OC[C@H](O)[C@@H]13. The zero-order valence-corrected chi connectivity index (χ0v) is 11.2. The molecule has 3 saturated heterocycles. The second-order valence-corrected chi connectivity index (χ2v) is 6.79. The minimum atomic E-state index is -0.568. The van der Waals surface area contributed by atoms with Crippen molar-refractivity contribution in [2.24, 2.45) is 0 Å². The van der Waals surface area contributed by atoms with Crippen molar-refractivity contribution in [1.82, 2.24) is 4.90 Å². The van der Waals surface area contributed by atoms with Crippen molar-refractivity contribution in [2.45, 2.75) is 28.7 Å². The van der Waals surface area contributed by atoms with E-state index in [1.807, 2.05) is 35.2 Å². The molecule has 0 saturated carbocycles. The van der Waals surface area contributed by atoms with Gasteiger partial charge in [-0.05, 0) is 18.6 Å². The van der Waals surface area contributed by atoms with Crippen LogP contribution in [0.4, 0.5) is 0 Å². The monoisotopic (exact) mass is 277 g/mol. The molecule has 19 heavy (non-hydrogen) atoms. The van der Waals surface area contributed by atoms with Crippen molar-refractivity contribution in [3.63, 3.8) is 0 Å². The lowest BCUT2D eigenvalue weighted by molar-refractivity contribution is -0.0511. The molecule has 1 unspecified atom stereocenters. The van der Waals surface area contributed by atoms with E-state index in [9.17, 15) is 9.90 Å². The molecule has 3 fully saturated rings. The number of ether oxygens (including phenoxy) is 1. The number of rotatable bonds is 1. The number of aliphatic hydroxyl groups is 1. The molecule has 0 aliphatic carbocycles. The van der Waals surface area contributed by atoms with Crippen LogP contribution < -0.4 is 0 Å². The first-order chi connectivity index (χ1) is 9.22. The van der Waals surface area contributed by atoms with E-state index in [1.165, 1.54) is 0 Å². The van der Waals surface area contributed by atoms with Gasteiger partial charge in [-0.3, -0.25) is 4.79 Å². The Bertz CT molecular complexity index is 523. The summed E-state index contributed by atoms with van der Waals surface area (Å²) in [6.07, 6.45) is 0.351. The molecule has 4 rings (SSSR count). The van der Waals surface area contributed by atoms with E-state index in [0.717, 1.165) is 6.42 Å². The molecular weight excluding hydrogens is 262 g/mol. The zero-order valence-electron chi connectivity index (χ0n) is 10.4. The Morgan fingerprint density at radius 3 is 3.00 bits per heavy atom. The van der Waals surface area contributed by atoms with E-state index in [2.05, 4.69) is 0 Å². The molecular formula is C14H15NO3S. The molecule has 0 radical (unpaired) electrons. The lowest BCUT2D eigenvalue weighted by Gasteiger charge is -2.34. The number of carbonyl (C=O) groups excluding carboxylic acids is 1. The molecule has 3 aliphatic heterocycles. The van der Waals surface area contributed by atoms with Crippen LogP contribution in [0.15, 0.2) is 30.3 Å². The zero-order chi connectivity index (χ0) is 13.0. The van der Waals surface area contributed by atoms with E-state index in [1.54, 1.807) is 11.8 Å². The van der Waals surface area contributed by atoms with Gasteiger partial charge in [-0.1, -0.05) is 18.2 Å². The third-order valence-electron chi connectivity index (χ3n) is 4.31. The predicted octanol–water partition coefficient (Wildman–Crippen LogP) is 1.10. The third-order valence-corrected chi connectivity index (χ3v) is 5.93. The summed E-state index contributed by atoms with van der Waals surface area (Å²) in [5.74, 6) is 0.0228. The highest BCUT2D eigenvalue weighted by Gasteiger charge is 2.70. The van der Waals surface area contributed by atoms with Crippen LogP contribution >= 0.6 is 11.8 Å². The van der Waals surface area contributed by atoms with Gasteiger partial charge in [0.2, 0.25) is 0 Å². The number of nitrogens with zero attached hydrogens (tertiary/aromatic N) is 1. The summed E-state index contributed by atoms with van der Waals surface area (Å²) in [7, 11) is 0. The average Bonchev–Trinajstić information content (AvgIpc) is 3.02. The van der Waals surface area contributed by atoms with Crippen LogP contribution in [-0.2, 0) is 4.74 Å². The number of aliphatic hydroxyl groups excluding tert-OH is 1. The van der Waals surface area contributed by atoms with Crippen LogP contribution in [0.3, 0.4) is 0 Å². The number of hydrogen-bond donors (Lipinski definition) is 1. The maximum Gasteiger partial charge on any atom is 0.254 e. The second-order valence-electron chi connectivity index (χ2n) is 5.36. The minimum absolute atomic E-state index is 0.0228. The fraction of sp³-hybridized carbons (Fsp3) is 0.500. The Morgan fingerprint density at radius 2 is 2.21 bits per heavy atom. The van der Waals surface area contributed by atoms with Crippen molar-refractivity contribution in [1.29, 1.82) is 0 Å². The van der Waals surface area contributed by atoms with E-state index in [4.69, 9.17) is 4.74 Å². The molecule has 0 aromatic heterocycles. The van der Waals surface area contributed by atoms with Crippen molar-refractivity contribution >= 4 is 17.7 Å². The van der Waals surface area contributed by atoms with Crippen LogP contribution in [0, 0.1) is 0 Å². The molecule has 0 bridgehead atoms. The van der Waals surface area contributed by atoms with Crippen LogP contribution in [0.25, 0.3) is 0 Å². The topological polar surface area (TPSA) is 49.8 Å². The van der Waals surface area contributed by atoms with Gasteiger partial charge in [0, 0.05) is 12.1 Å². The normalized spacial score (nSPS) is 39.6. The molecule has 1 aromatic rings. The number of benzene rings is 1. The highest BCUT2D eigenvalue weighted by molar-refractivity contribution is 8.08. The molecule has 1 aromatic carbocycles. The summed E-state index contributed by atoms with van der Waals surface area (Å²) < 4.78 is 5.54. The Morgan fingerprint density at radius 1 is 1.42 bits per heavy atom. The van der Waals surface area contributed by atoms with E-state index >= 15 is 0 Å². The van der Waals surface area contributed by atoms with E-state index < -0.39 is 6.10 Å². The van der Waals surface area contributed by atoms with Crippen molar-refractivity contribution in [3.05, 3.63) is 35.9 Å². The largest absolute Gasteiger partial charge is 0.389 e. The molecule has 1 N–H and O–H groups in total. The fourth-order valence-electron chi connectivity index (χ4n) is 3.36. The summed E-state index contributed by atoms with van der Waals surface area (Å²) in [5, 5.41) is 10.2. The third kappa shape index (κ3) is 1.58. The standard InChI is InChI=1S/C14H15NO3S/c16-10-8-18-13-14(19-13)6-7-15(11(10)14)12(17)9-4-2-1-3-5-9/h1-5,10-11,13,16H,6-8H2/t10-,11+,13?,14-/m0/s1. The van der Waals surface area contributed by atoms with E-state index in [0.29, 0.717) is 18.7 Å². The van der Waals surface area contributed by atoms with Gasteiger partial charge in [-0.25, -0.2) is 0 Å². The van der Waals surface area contributed by atoms with Gasteiger partial charge >= 0.3 is 0 Å². The Kier molecular flexibility index (Phi) is 2.46. The van der Waals surface area contributed by atoms with Gasteiger partial charge < -0.3 is 14.7 Å². The molecule has 5 heteroatoms. The van der Waals surface area contributed by atoms with Gasteiger partial charge in [0.25, 0.3) is 5.91 Å². The maximum absolute atomic E-state index is 12.6. The average molecular weight is 277 g/mol. The van der Waals surface area contributed by atoms with Gasteiger partial charge in [-0.2, -0.15) is 0 Å². The lowest BCUT2D eigenvalue weighted by Crippen LogP contribution is -2.53. The quantitative estimate of drug-likeness (QED) is 0.781. The van der Waals surface area contributed by atoms with Crippen molar-refractivity contribution in [3.8, 4) is 0 Å². The predicted molar refractivity (Wildman–Crippen MR) is 72.0 cm³/mol.